The van der Waals surface area contributed by atoms with Gasteiger partial charge in [-0.3, -0.25) is 20.1 Å². The smallest absolute Gasteiger partial charge is 0.325 e. The second-order valence-electron chi connectivity index (χ2n) is 5.12. The van der Waals surface area contributed by atoms with E-state index in [1.54, 1.807) is 36.4 Å². The summed E-state index contributed by atoms with van der Waals surface area (Å²) >= 11 is 0. The first-order valence-electron chi connectivity index (χ1n) is 7.32. The Morgan fingerprint density at radius 1 is 1.08 bits per heavy atom. The third-order valence-corrected chi connectivity index (χ3v) is 3.38. The summed E-state index contributed by atoms with van der Waals surface area (Å²) in [6.45, 7) is 0.361. The van der Waals surface area contributed by atoms with Crippen LogP contribution >= 0.6 is 0 Å². The van der Waals surface area contributed by atoms with Crippen LogP contribution in [0.3, 0.4) is 0 Å². The molecule has 2 aromatic carbocycles. The minimum absolute atomic E-state index is 0.361. The lowest BCUT2D eigenvalue weighted by molar-refractivity contribution is -0.139. The molecule has 24 heavy (non-hydrogen) atoms. The van der Waals surface area contributed by atoms with Gasteiger partial charge in [0.25, 0.3) is 5.91 Å². The minimum atomic E-state index is -0.947. The van der Waals surface area contributed by atoms with Gasteiger partial charge in [0.2, 0.25) is 0 Å². The standard InChI is InChI=1S/C18H18N2O4/c21-16(20-24)10-9-13-5-4-6-14(11-13)12-19-17(18(22)23)15-7-2-1-3-8-15/h1-11,17,19,24H,12H2,(H,20,21)(H,22,23)/b10-9+. The summed E-state index contributed by atoms with van der Waals surface area (Å²) in [5, 5.41) is 20.9. The van der Waals surface area contributed by atoms with Crippen LogP contribution in [0.5, 0.6) is 0 Å². The number of hydrogen-bond donors (Lipinski definition) is 4. The van der Waals surface area contributed by atoms with Crippen molar-refractivity contribution in [2.75, 3.05) is 0 Å². The number of hydrogen-bond acceptors (Lipinski definition) is 4. The highest BCUT2D eigenvalue weighted by Crippen LogP contribution is 2.14. The molecule has 6 heteroatoms. The van der Waals surface area contributed by atoms with Gasteiger partial charge in [0.1, 0.15) is 6.04 Å². The molecule has 2 aromatic rings. The predicted octanol–water partition coefficient (Wildman–Crippen LogP) is 2.12. The number of carboxylic acid groups (broad SMARTS) is 1. The molecular formula is C18H18N2O4. The van der Waals surface area contributed by atoms with Gasteiger partial charge < -0.3 is 5.11 Å². The Morgan fingerprint density at radius 2 is 1.83 bits per heavy atom. The summed E-state index contributed by atoms with van der Waals surface area (Å²) in [6, 6.07) is 15.5. The van der Waals surface area contributed by atoms with E-state index in [1.165, 1.54) is 11.6 Å². The molecule has 1 amide bonds. The molecule has 0 aliphatic rings. The Balaban J connectivity index is 2.06. The highest BCUT2D eigenvalue weighted by atomic mass is 16.5. The molecule has 1 atom stereocenters. The van der Waals surface area contributed by atoms with E-state index in [4.69, 9.17) is 5.21 Å². The van der Waals surface area contributed by atoms with Crippen molar-refractivity contribution in [1.29, 1.82) is 0 Å². The van der Waals surface area contributed by atoms with Crippen molar-refractivity contribution >= 4 is 18.0 Å². The molecule has 0 saturated carbocycles. The lowest BCUT2D eigenvalue weighted by atomic mass is 10.1. The monoisotopic (exact) mass is 326 g/mol. The molecule has 0 saturated heterocycles. The molecule has 4 N–H and O–H groups in total. The van der Waals surface area contributed by atoms with Gasteiger partial charge in [0.15, 0.2) is 0 Å². The van der Waals surface area contributed by atoms with E-state index >= 15 is 0 Å². The summed E-state index contributed by atoms with van der Waals surface area (Å²) in [5.74, 6) is -1.56. The van der Waals surface area contributed by atoms with Crippen molar-refractivity contribution in [2.45, 2.75) is 12.6 Å². The highest BCUT2D eigenvalue weighted by Gasteiger charge is 2.18. The van der Waals surface area contributed by atoms with Crippen LogP contribution in [0.15, 0.2) is 60.7 Å². The van der Waals surface area contributed by atoms with E-state index in [9.17, 15) is 14.7 Å². The van der Waals surface area contributed by atoms with Gasteiger partial charge >= 0.3 is 5.97 Å². The molecule has 0 aliphatic carbocycles. The molecule has 0 bridgehead atoms. The van der Waals surface area contributed by atoms with Gasteiger partial charge in [0, 0.05) is 12.6 Å². The van der Waals surface area contributed by atoms with Gasteiger partial charge in [-0.1, -0.05) is 54.6 Å². The fourth-order valence-electron chi connectivity index (χ4n) is 2.23. The Kier molecular flexibility index (Phi) is 6.24. The lowest BCUT2D eigenvalue weighted by Crippen LogP contribution is -2.28. The van der Waals surface area contributed by atoms with Crippen LogP contribution in [0.1, 0.15) is 22.7 Å². The van der Waals surface area contributed by atoms with Crippen molar-refractivity contribution in [3.05, 3.63) is 77.4 Å². The summed E-state index contributed by atoms with van der Waals surface area (Å²) in [5.41, 5.74) is 3.84. The van der Waals surface area contributed by atoms with Gasteiger partial charge in [0.05, 0.1) is 0 Å². The fourth-order valence-corrected chi connectivity index (χ4v) is 2.23. The fraction of sp³-hybridized carbons (Fsp3) is 0.111. The normalized spacial score (nSPS) is 12.0. The maximum absolute atomic E-state index is 11.5. The zero-order valence-electron chi connectivity index (χ0n) is 12.8. The summed E-state index contributed by atoms with van der Waals surface area (Å²) in [7, 11) is 0. The summed E-state index contributed by atoms with van der Waals surface area (Å²) < 4.78 is 0. The molecule has 124 valence electrons. The van der Waals surface area contributed by atoms with Crippen LogP contribution in [0, 0.1) is 0 Å². The summed E-state index contributed by atoms with van der Waals surface area (Å²) in [4.78, 5) is 22.4. The highest BCUT2D eigenvalue weighted by molar-refractivity contribution is 5.90. The van der Waals surface area contributed by atoms with Crippen LogP contribution in [-0.2, 0) is 16.1 Å². The summed E-state index contributed by atoms with van der Waals surface area (Å²) in [6.07, 6.45) is 2.76. The molecule has 0 radical (unpaired) electrons. The Bertz CT molecular complexity index is 729. The second-order valence-corrected chi connectivity index (χ2v) is 5.12. The van der Waals surface area contributed by atoms with Gasteiger partial charge in [-0.15, -0.1) is 0 Å². The number of amides is 1. The number of carboxylic acids is 1. The number of benzene rings is 2. The molecule has 0 heterocycles. The third kappa shape index (κ3) is 5.05. The minimum Gasteiger partial charge on any atom is -0.480 e. The topological polar surface area (TPSA) is 98.7 Å². The van der Waals surface area contributed by atoms with Crippen LogP contribution in [0.25, 0.3) is 6.08 Å². The Morgan fingerprint density at radius 3 is 2.50 bits per heavy atom. The number of carbonyl (C=O) groups excluding carboxylic acids is 1. The van der Waals surface area contributed by atoms with Gasteiger partial charge in [-0.05, 0) is 22.8 Å². The van der Waals surface area contributed by atoms with Crippen molar-refractivity contribution < 1.29 is 19.9 Å². The van der Waals surface area contributed by atoms with Crippen molar-refractivity contribution in [3.8, 4) is 0 Å². The maximum Gasteiger partial charge on any atom is 0.325 e. The van der Waals surface area contributed by atoms with Crippen molar-refractivity contribution in [3.63, 3.8) is 0 Å². The van der Waals surface area contributed by atoms with E-state index in [1.807, 2.05) is 24.3 Å². The van der Waals surface area contributed by atoms with E-state index in [-0.39, 0.29) is 0 Å². The van der Waals surface area contributed by atoms with Crippen LogP contribution < -0.4 is 10.8 Å². The molecule has 1 unspecified atom stereocenters. The zero-order valence-corrected chi connectivity index (χ0v) is 12.8. The van der Waals surface area contributed by atoms with Crippen LogP contribution in [-0.4, -0.2) is 22.2 Å². The Labute approximate surface area is 139 Å². The van der Waals surface area contributed by atoms with Crippen LogP contribution in [0.2, 0.25) is 0 Å². The average molecular weight is 326 g/mol. The molecular weight excluding hydrogens is 308 g/mol. The van der Waals surface area contributed by atoms with Gasteiger partial charge in [-0.2, -0.15) is 0 Å². The van der Waals surface area contributed by atoms with E-state index in [2.05, 4.69) is 5.32 Å². The first-order chi connectivity index (χ1) is 11.6. The SMILES string of the molecule is O=C(/C=C/c1cccc(CNC(C(=O)O)c2ccccc2)c1)NO. The molecule has 0 aromatic heterocycles. The number of hydroxylamine groups is 1. The molecule has 0 aliphatic heterocycles. The number of nitrogens with one attached hydrogen (secondary N) is 2. The zero-order chi connectivity index (χ0) is 17.4. The largest absolute Gasteiger partial charge is 0.480 e. The maximum atomic E-state index is 11.5. The van der Waals surface area contributed by atoms with Crippen molar-refractivity contribution in [1.82, 2.24) is 10.8 Å². The predicted molar refractivity (Wildman–Crippen MR) is 89.1 cm³/mol. The second kappa shape index (κ2) is 8.61. The quantitative estimate of drug-likeness (QED) is 0.355. The third-order valence-electron chi connectivity index (χ3n) is 3.38. The van der Waals surface area contributed by atoms with Crippen molar-refractivity contribution in [2.24, 2.45) is 0 Å². The van der Waals surface area contributed by atoms with Gasteiger partial charge in [-0.25, -0.2) is 5.48 Å². The molecule has 2 rings (SSSR count). The molecule has 0 fully saturated rings. The molecule has 0 spiro atoms. The lowest BCUT2D eigenvalue weighted by Gasteiger charge is -2.15. The molecule has 6 nitrogen and oxygen atoms in total. The van der Waals surface area contributed by atoms with Crippen LogP contribution in [0.4, 0.5) is 0 Å². The number of carbonyl (C=O) groups is 2. The number of aliphatic carboxylic acids is 1. The average Bonchev–Trinajstić information content (AvgIpc) is 2.61. The van der Waals surface area contributed by atoms with E-state index in [0.29, 0.717) is 12.1 Å². The first kappa shape index (κ1) is 17.4. The number of rotatable bonds is 7. The first-order valence-corrected chi connectivity index (χ1v) is 7.32. The Hall–Kier alpha value is -2.96. The van der Waals surface area contributed by atoms with E-state index < -0.39 is 17.9 Å². The van der Waals surface area contributed by atoms with E-state index in [0.717, 1.165) is 11.1 Å².